The Morgan fingerprint density at radius 1 is 1.00 bits per heavy atom. The van der Waals surface area contributed by atoms with Crippen LogP contribution in [0.1, 0.15) is 19.3 Å². The van der Waals surface area contributed by atoms with Crippen LogP contribution in [0.5, 0.6) is 0 Å². The highest BCUT2D eigenvalue weighted by Gasteiger charge is 2.16. The molecule has 0 saturated heterocycles. The largest absolute Gasteiger partial charge is 0.481 e. The summed E-state index contributed by atoms with van der Waals surface area (Å²) in [5.74, 6) is -3.80. The minimum Gasteiger partial charge on any atom is -0.481 e. The molecule has 0 fully saturated rings. The van der Waals surface area contributed by atoms with E-state index in [1.54, 1.807) is 0 Å². The standard InChI is InChI=1S/C5H12N2O2.C4H6O5.2H2O/c6-3-1-2-4(7)5(8)9;5-2(4(8)9)1-3(6)7;;/h4H,1-3,6-7H2,(H,8,9);2,5H,1H2,(H,6,7)(H,8,9);2*1H2/t4-;;;/m0.../s1. The van der Waals surface area contributed by atoms with Crippen molar-refractivity contribution in [2.45, 2.75) is 31.4 Å². The number of aliphatic carboxylic acids is 3. The van der Waals surface area contributed by atoms with Crippen molar-refractivity contribution in [2.24, 2.45) is 11.5 Å². The van der Waals surface area contributed by atoms with Gasteiger partial charge in [-0.2, -0.15) is 0 Å². The van der Waals surface area contributed by atoms with Crippen molar-refractivity contribution >= 4 is 17.9 Å². The molecule has 1 unspecified atom stereocenters. The maximum absolute atomic E-state index is 10.0. The Morgan fingerprint density at radius 3 is 1.65 bits per heavy atom. The second-order valence-electron chi connectivity index (χ2n) is 3.33. The second kappa shape index (κ2) is 15.3. The molecule has 2 atom stereocenters. The maximum Gasteiger partial charge on any atom is 0.333 e. The third-order valence-corrected chi connectivity index (χ3v) is 1.69. The second-order valence-corrected chi connectivity index (χ2v) is 3.33. The van der Waals surface area contributed by atoms with E-state index in [4.69, 9.17) is 31.9 Å². The topological polar surface area (TPSA) is 247 Å². The molecule has 0 aromatic carbocycles. The summed E-state index contributed by atoms with van der Waals surface area (Å²) in [5.41, 5.74) is 10.3. The molecule has 0 aliphatic rings. The van der Waals surface area contributed by atoms with Crippen molar-refractivity contribution in [3.8, 4) is 0 Å². The average molecular weight is 302 g/mol. The van der Waals surface area contributed by atoms with Crippen LogP contribution >= 0.6 is 0 Å². The smallest absolute Gasteiger partial charge is 0.333 e. The molecule has 0 saturated carbocycles. The van der Waals surface area contributed by atoms with E-state index in [9.17, 15) is 14.4 Å². The van der Waals surface area contributed by atoms with Crippen LogP contribution in [0.25, 0.3) is 0 Å². The first kappa shape index (κ1) is 26.7. The highest BCUT2D eigenvalue weighted by Crippen LogP contribution is 1.91. The molecule has 11 nitrogen and oxygen atoms in total. The van der Waals surface area contributed by atoms with Gasteiger partial charge in [-0.1, -0.05) is 0 Å². The summed E-state index contributed by atoms with van der Waals surface area (Å²) in [5, 5.41) is 32.4. The minimum absolute atomic E-state index is 0. The van der Waals surface area contributed by atoms with Gasteiger partial charge in [-0.15, -0.1) is 0 Å². The molecule has 0 rings (SSSR count). The van der Waals surface area contributed by atoms with E-state index in [0.29, 0.717) is 19.4 Å². The van der Waals surface area contributed by atoms with Gasteiger partial charge in [0, 0.05) is 0 Å². The lowest BCUT2D eigenvalue weighted by molar-refractivity contribution is -0.152. The Labute approximate surface area is 114 Å². The maximum atomic E-state index is 10.0. The highest BCUT2D eigenvalue weighted by molar-refractivity contribution is 5.79. The highest BCUT2D eigenvalue weighted by atomic mass is 16.4. The van der Waals surface area contributed by atoms with Crippen LogP contribution in [0.15, 0.2) is 0 Å². The number of hydrogen-bond acceptors (Lipinski definition) is 6. The average Bonchev–Trinajstić information content (AvgIpc) is 2.25. The summed E-state index contributed by atoms with van der Waals surface area (Å²) in [7, 11) is 0. The van der Waals surface area contributed by atoms with Crippen LogP contribution in [0.2, 0.25) is 0 Å². The van der Waals surface area contributed by atoms with Gasteiger partial charge in [-0.05, 0) is 19.4 Å². The zero-order chi connectivity index (χ0) is 14.7. The van der Waals surface area contributed by atoms with E-state index in [1.807, 2.05) is 0 Å². The number of aliphatic hydroxyl groups is 1. The lowest BCUT2D eigenvalue weighted by atomic mass is 10.2. The van der Waals surface area contributed by atoms with Gasteiger partial charge in [0.2, 0.25) is 0 Å². The summed E-state index contributed by atoms with van der Waals surface area (Å²) in [6, 6.07) is -0.742. The molecular formula is C9H22N2O9. The molecule has 20 heavy (non-hydrogen) atoms. The van der Waals surface area contributed by atoms with E-state index < -0.39 is 36.5 Å². The molecule has 0 spiro atoms. The Balaban J connectivity index is -0.000000116. The molecule has 0 bridgehead atoms. The van der Waals surface area contributed by atoms with Gasteiger partial charge in [-0.3, -0.25) is 9.59 Å². The molecule has 0 aliphatic heterocycles. The zero-order valence-corrected chi connectivity index (χ0v) is 10.7. The Bertz CT molecular complexity index is 285. The van der Waals surface area contributed by atoms with E-state index in [1.165, 1.54) is 0 Å². The van der Waals surface area contributed by atoms with Crippen molar-refractivity contribution in [1.82, 2.24) is 0 Å². The first-order valence-electron chi connectivity index (χ1n) is 5.03. The predicted molar refractivity (Wildman–Crippen MR) is 67.0 cm³/mol. The summed E-state index contributed by atoms with van der Waals surface area (Å²) >= 11 is 0. The number of rotatable bonds is 7. The van der Waals surface area contributed by atoms with Gasteiger partial charge in [0.1, 0.15) is 6.04 Å². The Kier molecular flexibility index (Phi) is 20.4. The molecule has 0 amide bonds. The van der Waals surface area contributed by atoms with Crippen molar-refractivity contribution in [3.63, 3.8) is 0 Å². The van der Waals surface area contributed by atoms with Gasteiger partial charge >= 0.3 is 17.9 Å². The number of carbonyl (C=O) groups is 3. The minimum atomic E-state index is -1.79. The fourth-order valence-corrected chi connectivity index (χ4v) is 0.714. The van der Waals surface area contributed by atoms with Crippen LogP contribution in [-0.4, -0.2) is 68.0 Å². The molecular weight excluding hydrogens is 280 g/mol. The summed E-state index contributed by atoms with van der Waals surface area (Å²) in [6.45, 7) is 0.501. The molecule has 0 aliphatic carbocycles. The lowest BCUT2D eigenvalue weighted by Gasteiger charge is -2.02. The normalized spacial score (nSPS) is 11.6. The fourth-order valence-electron chi connectivity index (χ4n) is 0.714. The van der Waals surface area contributed by atoms with Crippen LogP contribution in [-0.2, 0) is 14.4 Å². The van der Waals surface area contributed by atoms with E-state index in [0.717, 1.165) is 0 Å². The van der Waals surface area contributed by atoms with Gasteiger partial charge in [0.15, 0.2) is 6.10 Å². The summed E-state index contributed by atoms with van der Waals surface area (Å²) in [4.78, 5) is 29.5. The molecule has 0 heterocycles. The Hall–Kier alpha value is -1.79. The molecule has 0 aromatic rings. The van der Waals surface area contributed by atoms with Crippen LogP contribution in [0.3, 0.4) is 0 Å². The third kappa shape index (κ3) is 18.6. The van der Waals surface area contributed by atoms with Crippen molar-refractivity contribution in [3.05, 3.63) is 0 Å². The van der Waals surface area contributed by atoms with E-state index in [-0.39, 0.29) is 11.0 Å². The van der Waals surface area contributed by atoms with E-state index >= 15 is 0 Å². The number of carboxylic acids is 3. The third-order valence-electron chi connectivity index (χ3n) is 1.69. The van der Waals surface area contributed by atoms with Crippen LogP contribution in [0.4, 0.5) is 0 Å². The number of aliphatic hydroxyl groups excluding tert-OH is 1. The summed E-state index contributed by atoms with van der Waals surface area (Å²) in [6.07, 6.45) is -1.41. The first-order valence-corrected chi connectivity index (χ1v) is 5.03. The van der Waals surface area contributed by atoms with Crippen molar-refractivity contribution < 1.29 is 45.8 Å². The van der Waals surface area contributed by atoms with E-state index in [2.05, 4.69) is 0 Å². The van der Waals surface area contributed by atoms with Gasteiger partial charge in [-0.25, -0.2) is 4.79 Å². The van der Waals surface area contributed by atoms with Crippen molar-refractivity contribution in [1.29, 1.82) is 0 Å². The number of hydrogen-bond donors (Lipinski definition) is 6. The van der Waals surface area contributed by atoms with Crippen LogP contribution in [0, 0.1) is 0 Å². The molecule has 122 valence electrons. The first-order chi connectivity index (χ1) is 8.22. The molecule has 11 heteroatoms. The molecule has 0 aromatic heterocycles. The number of nitrogens with two attached hydrogens (primary N) is 2. The molecule has 0 radical (unpaired) electrons. The Morgan fingerprint density at radius 2 is 1.45 bits per heavy atom. The SMILES string of the molecule is NCCC[C@H](N)C(=O)O.O.O.O=C(O)CC(O)C(=O)O. The summed E-state index contributed by atoms with van der Waals surface area (Å²) < 4.78 is 0. The van der Waals surface area contributed by atoms with Crippen molar-refractivity contribution in [2.75, 3.05) is 6.54 Å². The van der Waals surface area contributed by atoms with Gasteiger partial charge in [0.25, 0.3) is 0 Å². The lowest BCUT2D eigenvalue weighted by Crippen LogP contribution is -2.30. The number of carboxylic acid groups (broad SMARTS) is 3. The van der Waals surface area contributed by atoms with Gasteiger partial charge in [0.05, 0.1) is 6.42 Å². The fraction of sp³-hybridized carbons (Fsp3) is 0.667. The quantitative estimate of drug-likeness (QED) is 0.271. The van der Waals surface area contributed by atoms with Gasteiger partial charge < -0.3 is 42.8 Å². The van der Waals surface area contributed by atoms with Crippen LogP contribution < -0.4 is 11.5 Å². The predicted octanol–water partition coefficient (Wildman–Crippen LogP) is -3.61. The monoisotopic (exact) mass is 302 g/mol. The molecule has 12 N–H and O–H groups in total. The zero-order valence-electron chi connectivity index (χ0n) is 10.7.